The van der Waals surface area contributed by atoms with Crippen molar-refractivity contribution >= 4 is 27.7 Å². The summed E-state index contributed by atoms with van der Waals surface area (Å²) in [5.74, 6) is -1.23. The average molecular weight is 509 g/mol. The van der Waals surface area contributed by atoms with Crippen molar-refractivity contribution in [1.29, 1.82) is 0 Å². The van der Waals surface area contributed by atoms with Gasteiger partial charge in [0.15, 0.2) is 0 Å². The Morgan fingerprint density at radius 2 is 1.63 bits per heavy atom. The van der Waals surface area contributed by atoms with Gasteiger partial charge < -0.3 is 15.0 Å². The third-order valence-electron chi connectivity index (χ3n) is 5.25. The van der Waals surface area contributed by atoms with Crippen LogP contribution in [0.3, 0.4) is 0 Å². The predicted octanol–water partition coefficient (Wildman–Crippen LogP) is 2.39. The SMILES string of the molecule is COc1ccc(CN(C(=O)CN(c2ccccc2F)S(=O)(=O)N(C)C)[C@@H](C)C(=O)NC(C)C)cc1. The second-order valence-electron chi connectivity index (χ2n) is 8.46. The zero-order valence-corrected chi connectivity index (χ0v) is 21.7. The fraction of sp³-hybridized carbons (Fsp3) is 0.417. The summed E-state index contributed by atoms with van der Waals surface area (Å²) in [5, 5.41) is 2.77. The molecule has 0 spiro atoms. The number of nitrogens with zero attached hydrogens (tertiary/aromatic N) is 3. The lowest BCUT2D eigenvalue weighted by Gasteiger charge is -2.33. The molecule has 192 valence electrons. The molecule has 2 rings (SSSR count). The second-order valence-corrected chi connectivity index (χ2v) is 10.5. The third-order valence-corrected chi connectivity index (χ3v) is 7.06. The smallest absolute Gasteiger partial charge is 0.304 e. The van der Waals surface area contributed by atoms with Crippen molar-refractivity contribution < 1.29 is 27.1 Å². The number of halogens is 1. The minimum atomic E-state index is -4.23. The zero-order chi connectivity index (χ0) is 26.3. The van der Waals surface area contributed by atoms with Crippen LogP contribution in [-0.4, -0.2) is 69.3 Å². The molecular weight excluding hydrogens is 475 g/mol. The van der Waals surface area contributed by atoms with E-state index in [4.69, 9.17) is 4.74 Å². The van der Waals surface area contributed by atoms with Crippen molar-refractivity contribution in [1.82, 2.24) is 14.5 Å². The molecule has 2 aromatic rings. The van der Waals surface area contributed by atoms with Gasteiger partial charge in [0.05, 0.1) is 12.8 Å². The molecule has 0 aliphatic carbocycles. The van der Waals surface area contributed by atoms with Gasteiger partial charge in [0, 0.05) is 26.7 Å². The number of amides is 2. The highest BCUT2D eigenvalue weighted by Gasteiger charge is 2.33. The molecule has 0 bridgehead atoms. The highest BCUT2D eigenvalue weighted by atomic mass is 32.2. The minimum absolute atomic E-state index is 0.0304. The molecule has 0 saturated carbocycles. The summed E-state index contributed by atoms with van der Waals surface area (Å²) in [6.07, 6.45) is 0. The van der Waals surface area contributed by atoms with E-state index >= 15 is 0 Å². The molecule has 35 heavy (non-hydrogen) atoms. The van der Waals surface area contributed by atoms with Crippen LogP contribution in [0.1, 0.15) is 26.3 Å². The van der Waals surface area contributed by atoms with E-state index in [0.29, 0.717) is 15.6 Å². The predicted molar refractivity (Wildman–Crippen MR) is 133 cm³/mol. The van der Waals surface area contributed by atoms with Gasteiger partial charge in [-0.25, -0.2) is 8.70 Å². The monoisotopic (exact) mass is 508 g/mol. The molecule has 11 heteroatoms. The van der Waals surface area contributed by atoms with Gasteiger partial charge in [-0.1, -0.05) is 24.3 Å². The van der Waals surface area contributed by atoms with E-state index in [1.165, 1.54) is 44.3 Å². The fourth-order valence-corrected chi connectivity index (χ4v) is 4.34. The van der Waals surface area contributed by atoms with Gasteiger partial charge in [-0.2, -0.15) is 12.7 Å². The molecule has 0 aromatic heterocycles. The Labute approximate surface area is 206 Å². The molecule has 0 fully saturated rings. The Bertz CT molecular complexity index is 1120. The summed E-state index contributed by atoms with van der Waals surface area (Å²) in [6.45, 7) is 4.49. The largest absolute Gasteiger partial charge is 0.497 e. The van der Waals surface area contributed by atoms with Crippen molar-refractivity contribution in [3.63, 3.8) is 0 Å². The van der Waals surface area contributed by atoms with Crippen molar-refractivity contribution in [2.75, 3.05) is 32.1 Å². The van der Waals surface area contributed by atoms with Crippen LogP contribution in [-0.2, 0) is 26.3 Å². The quantitative estimate of drug-likeness (QED) is 0.503. The first-order valence-electron chi connectivity index (χ1n) is 11.1. The lowest BCUT2D eigenvalue weighted by Crippen LogP contribution is -2.53. The summed E-state index contributed by atoms with van der Waals surface area (Å²) in [5.41, 5.74) is 0.439. The maximum absolute atomic E-state index is 14.6. The number of benzene rings is 2. The van der Waals surface area contributed by atoms with Crippen molar-refractivity contribution in [3.05, 3.63) is 59.9 Å². The maximum Gasteiger partial charge on any atom is 0.304 e. The first-order valence-corrected chi connectivity index (χ1v) is 12.5. The molecule has 2 amide bonds. The summed E-state index contributed by atoms with van der Waals surface area (Å²) < 4.78 is 47.5. The molecule has 1 atom stereocenters. The number of hydrogen-bond donors (Lipinski definition) is 1. The van der Waals surface area contributed by atoms with Crippen LogP contribution in [0.4, 0.5) is 10.1 Å². The van der Waals surface area contributed by atoms with E-state index in [1.807, 2.05) is 0 Å². The van der Waals surface area contributed by atoms with Gasteiger partial charge in [0.1, 0.15) is 24.2 Å². The van der Waals surface area contributed by atoms with E-state index in [1.54, 1.807) is 45.0 Å². The summed E-state index contributed by atoms with van der Waals surface area (Å²) in [6, 6.07) is 11.2. The molecule has 0 aliphatic heterocycles. The van der Waals surface area contributed by atoms with Crippen LogP contribution in [0.25, 0.3) is 0 Å². The van der Waals surface area contributed by atoms with Crippen LogP contribution in [0, 0.1) is 5.82 Å². The molecule has 9 nitrogen and oxygen atoms in total. The normalized spacial score (nSPS) is 12.4. The van der Waals surface area contributed by atoms with Crippen molar-refractivity contribution in [2.24, 2.45) is 0 Å². The van der Waals surface area contributed by atoms with E-state index in [9.17, 15) is 22.4 Å². The van der Waals surface area contributed by atoms with Crippen molar-refractivity contribution in [2.45, 2.75) is 39.4 Å². The molecule has 0 unspecified atom stereocenters. The summed E-state index contributed by atoms with van der Waals surface area (Å²) >= 11 is 0. The molecule has 0 aliphatic rings. The maximum atomic E-state index is 14.6. The summed E-state index contributed by atoms with van der Waals surface area (Å²) in [7, 11) is -0.108. The minimum Gasteiger partial charge on any atom is -0.497 e. The Hall–Kier alpha value is -3.18. The van der Waals surface area contributed by atoms with Gasteiger partial charge in [-0.15, -0.1) is 0 Å². The number of nitrogens with one attached hydrogen (secondary N) is 1. The van der Waals surface area contributed by atoms with Gasteiger partial charge in [-0.05, 0) is 50.6 Å². The van der Waals surface area contributed by atoms with Crippen LogP contribution < -0.4 is 14.4 Å². The van der Waals surface area contributed by atoms with Crippen LogP contribution in [0.2, 0.25) is 0 Å². The molecule has 0 saturated heterocycles. The third kappa shape index (κ3) is 7.15. The number of ether oxygens (including phenoxy) is 1. The Morgan fingerprint density at radius 3 is 2.14 bits per heavy atom. The molecular formula is C24H33FN4O5S. The van der Waals surface area contributed by atoms with Gasteiger partial charge >= 0.3 is 10.2 Å². The Morgan fingerprint density at radius 1 is 1.03 bits per heavy atom. The molecule has 0 heterocycles. The number of anilines is 1. The molecule has 0 radical (unpaired) electrons. The number of methoxy groups -OCH3 is 1. The lowest BCUT2D eigenvalue weighted by molar-refractivity contribution is -0.139. The van der Waals surface area contributed by atoms with Crippen LogP contribution in [0.5, 0.6) is 5.75 Å². The Balaban J connectivity index is 2.46. The average Bonchev–Trinajstić information content (AvgIpc) is 2.80. The molecule has 2 aromatic carbocycles. The van der Waals surface area contributed by atoms with E-state index in [-0.39, 0.29) is 18.3 Å². The number of rotatable bonds is 11. The number of hydrogen-bond acceptors (Lipinski definition) is 5. The van der Waals surface area contributed by atoms with Gasteiger partial charge in [-0.3, -0.25) is 9.59 Å². The van der Waals surface area contributed by atoms with Gasteiger partial charge in [0.2, 0.25) is 11.8 Å². The van der Waals surface area contributed by atoms with Crippen LogP contribution >= 0.6 is 0 Å². The topological polar surface area (TPSA) is 99.3 Å². The lowest BCUT2D eigenvalue weighted by atomic mass is 10.1. The van der Waals surface area contributed by atoms with E-state index in [0.717, 1.165) is 10.4 Å². The van der Waals surface area contributed by atoms with Gasteiger partial charge in [0.25, 0.3) is 0 Å². The Kier molecular flexibility index (Phi) is 9.61. The molecule has 1 N–H and O–H groups in total. The first-order chi connectivity index (χ1) is 16.4. The number of carbonyl (C=O) groups excluding carboxylic acids is 2. The van der Waals surface area contributed by atoms with E-state index in [2.05, 4.69) is 5.32 Å². The van der Waals surface area contributed by atoms with Crippen molar-refractivity contribution in [3.8, 4) is 5.75 Å². The highest BCUT2D eigenvalue weighted by Crippen LogP contribution is 2.24. The van der Waals surface area contributed by atoms with Crippen LogP contribution in [0.15, 0.2) is 48.5 Å². The zero-order valence-electron chi connectivity index (χ0n) is 20.9. The standard InChI is InChI=1S/C24H33FN4O5S/c1-17(2)26-24(31)18(3)28(15-19-11-13-20(34-6)14-12-19)23(30)16-29(35(32,33)27(4)5)22-10-8-7-9-21(22)25/h7-14,17-18H,15-16H2,1-6H3,(H,26,31)/t18-/m0/s1. The summed E-state index contributed by atoms with van der Waals surface area (Å²) in [4.78, 5) is 27.6. The number of carbonyl (C=O) groups is 2. The fourth-order valence-electron chi connectivity index (χ4n) is 3.27. The number of para-hydroxylation sites is 1. The second kappa shape index (κ2) is 12.0. The van der Waals surface area contributed by atoms with E-state index < -0.39 is 40.4 Å². The highest BCUT2D eigenvalue weighted by molar-refractivity contribution is 7.90. The first kappa shape index (κ1) is 28.1.